The summed E-state index contributed by atoms with van der Waals surface area (Å²) < 4.78 is 27.6. The van der Waals surface area contributed by atoms with Crippen LogP contribution in [0.4, 0.5) is 13.6 Å². The van der Waals surface area contributed by atoms with Gasteiger partial charge in [-0.15, -0.1) is 0 Å². The molecule has 0 spiro atoms. The lowest BCUT2D eigenvalue weighted by molar-refractivity contribution is -0.120. The summed E-state index contributed by atoms with van der Waals surface area (Å²) in [7, 11) is 3.45. The Kier molecular flexibility index (Phi) is 9.72. The normalized spacial score (nSPS) is 19.4. The average molecular weight is 545 g/mol. The molecule has 7 nitrogen and oxygen atoms in total. The molecule has 0 radical (unpaired) electrons. The topological polar surface area (TPSA) is 84.9 Å². The lowest BCUT2D eigenvalue weighted by atomic mass is 9.78. The third-order valence-corrected chi connectivity index (χ3v) is 7.31. The standard InChI is InChI=1S/C30H42F2N4O3/c1-20(37)34-26(15-21-13-24(31)17-25(32)14-21)27(38)18-33-30(11-8-12-36(19-30)28(39)35(5)6)23-10-7-9-22(16-23)29(2,3)4/h7,9-10,13-14,16-17,26-27,33,38H,8,11-12,15,18-19H2,1-6H3,(H,34,37). The predicted molar refractivity (Wildman–Crippen MR) is 148 cm³/mol. The van der Waals surface area contributed by atoms with Crippen molar-refractivity contribution in [3.05, 3.63) is 70.8 Å². The van der Waals surface area contributed by atoms with Crippen molar-refractivity contribution < 1.29 is 23.5 Å². The zero-order valence-electron chi connectivity index (χ0n) is 23.9. The summed E-state index contributed by atoms with van der Waals surface area (Å²) in [5.74, 6) is -1.79. The smallest absolute Gasteiger partial charge is 0.319 e. The van der Waals surface area contributed by atoms with Crippen LogP contribution in [0.2, 0.25) is 0 Å². The van der Waals surface area contributed by atoms with Crippen molar-refractivity contribution in [1.29, 1.82) is 0 Å². The van der Waals surface area contributed by atoms with Crippen LogP contribution in [-0.2, 0) is 22.2 Å². The zero-order valence-corrected chi connectivity index (χ0v) is 23.9. The molecule has 39 heavy (non-hydrogen) atoms. The minimum absolute atomic E-state index is 0.0505. The highest BCUT2D eigenvalue weighted by Gasteiger charge is 2.40. The maximum absolute atomic E-state index is 13.8. The maximum Gasteiger partial charge on any atom is 0.319 e. The Labute approximate surface area is 230 Å². The van der Waals surface area contributed by atoms with Gasteiger partial charge in [0.25, 0.3) is 0 Å². The molecule has 0 bridgehead atoms. The summed E-state index contributed by atoms with van der Waals surface area (Å²) in [6, 6.07) is 10.6. The number of benzene rings is 2. The molecule has 1 fully saturated rings. The van der Waals surface area contributed by atoms with Gasteiger partial charge in [0.2, 0.25) is 5.91 Å². The summed E-state index contributed by atoms with van der Waals surface area (Å²) in [6.07, 6.45) is 0.488. The van der Waals surface area contributed by atoms with Gasteiger partial charge in [-0.2, -0.15) is 0 Å². The van der Waals surface area contributed by atoms with E-state index in [-0.39, 0.29) is 30.3 Å². The number of aliphatic hydroxyl groups excluding tert-OH is 1. The van der Waals surface area contributed by atoms with Gasteiger partial charge >= 0.3 is 6.03 Å². The van der Waals surface area contributed by atoms with Crippen LogP contribution in [-0.4, -0.2) is 72.7 Å². The molecule has 1 aliphatic heterocycles. The summed E-state index contributed by atoms with van der Waals surface area (Å²) >= 11 is 0. The molecule has 3 unspecified atom stereocenters. The van der Waals surface area contributed by atoms with Crippen molar-refractivity contribution in [3.8, 4) is 0 Å². The number of hydrogen-bond donors (Lipinski definition) is 3. The Morgan fingerprint density at radius 1 is 1.13 bits per heavy atom. The molecule has 1 heterocycles. The van der Waals surface area contributed by atoms with Crippen LogP contribution in [0.1, 0.15) is 57.2 Å². The van der Waals surface area contributed by atoms with Gasteiger partial charge in [-0.3, -0.25) is 4.79 Å². The molecule has 1 aliphatic rings. The number of urea groups is 1. The second kappa shape index (κ2) is 12.4. The van der Waals surface area contributed by atoms with E-state index in [0.717, 1.165) is 30.0 Å². The van der Waals surface area contributed by atoms with Crippen molar-refractivity contribution in [2.75, 3.05) is 33.7 Å². The summed E-state index contributed by atoms with van der Waals surface area (Å²) in [4.78, 5) is 28.3. The van der Waals surface area contributed by atoms with E-state index in [2.05, 4.69) is 43.5 Å². The first-order chi connectivity index (χ1) is 18.2. The molecule has 3 atom stereocenters. The van der Waals surface area contributed by atoms with Gasteiger partial charge in [-0.1, -0.05) is 45.0 Å². The van der Waals surface area contributed by atoms with E-state index in [1.54, 1.807) is 19.0 Å². The number of likely N-dealkylation sites (tertiary alicyclic amines) is 1. The second-order valence-corrected chi connectivity index (χ2v) is 11.9. The molecule has 0 aliphatic carbocycles. The number of nitrogens with one attached hydrogen (secondary N) is 2. The first kappa shape index (κ1) is 30.5. The fraction of sp³-hybridized carbons (Fsp3) is 0.533. The van der Waals surface area contributed by atoms with E-state index in [1.165, 1.54) is 19.1 Å². The number of aliphatic hydroxyl groups is 1. The van der Waals surface area contributed by atoms with Crippen LogP contribution in [0, 0.1) is 11.6 Å². The predicted octanol–water partition coefficient (Wildman–Crippen LogP) is 3.93. The van der Waals surface area contributed by atoms with Crippen LogP contribution in [0.25, 0.3) is 0 Å². The first-order valence-corrected chi connectivity index (χ1v) is 13.4. The quantitative estimate of drug-likeness (QED) is 0.470. The molecule has 0 aromatic heterocycles. The number of nitrogens with zero attached hydrogens (tertiary/aromatic N) is 2. The van der Waals surface area contributed by atoms with E-state index in [1.807, 2.05) is 17.0 Å². The number of piperidine rings is 1. The fourth-order valence-electron chi connectivity index (χ4n) is 5.24. The molecule has 3 amide bonds. The third-order valence-electron chi connectivity index (χ3n) is 7.31. The molecular weight excluding hydrogens is 502 g/mol. The van der Waals surface area contributed by atoms with E-state index in [9.17, 15) is 23.5 Å². The van der Waals surface area contributed by atoms with Crippen molar-refractivity contribution >= 4 is 11.9 Å². The molecule has 214 valence electrons. The number of amides is 3. The minimum atomic E-state index is -1.07. The van der Waals surface area contributed by atoms with Gasteiger partial charge in [-0.25, -0.2) is 13.6 Å². The molecule has 9 heteroatoms. The highest BCUT2D eigenvalue weighted by molar-refractivity contribution is 5.74. The number of rotatable bonds is 8. The van der Waals surface area contributed by atoms with Crippen molar-refractivity contribution in [1.82, 2.24) is 20.4 Å². The van der Waals surface area contributed by atoms with Crippen LogP contribution in [0.5, 0.6) is 0 Å². The monoisotopic (exact) mass is 544 g/mol. The molecule has 2 aromatic rings. The Morgan fingerprint density at radius 3 is 2.38 bits per heavy atom. The summed E-state index contributed by atoms with van der Waals surface area (Å²) in [6.45, 7) is 8.90. The second-order valence-electron chi connectivity index (χ2n) is 11.9. The van der Waals surface area contributed by atoms with E-state index in [4.69, 9.17) is 0 Å². The first-order valence-electron chi connectivity index (χ1n) is 13.4. The van der Waals surface area contributed by atoms with Gasteiger partial charge in [0, 0.05) is 46.7 Å². The highest BCUT2D eigenvalue weighted by atomic mass is 19.1. The molecule has 1 saturated heterocycles. The fourth-order valence-corrected chi connectivity index (χ4v) is 5.24. The SMILES string of the molecule is CC(=O)NC(Cc1cc(F)cc(F)c1)C(O)CNC1(c2cccc(C(C)(C)C)c2)CCCN(C(=O)N(C)C)C1. The Hall–Kier alpha value is -3.04. The summed E-state index contributed by atoms with van der Waals surface area (Å²) in [5.41, 5.74) is 1.78. The van der Waals surface area contributed by atoms with Gasteiger partial charge in [0.05, 0.1) is 17.7 Å². The van der Waals surface area contributed by atoms with Gasteiger partial charge in [0.1, 0.15) is 11.6 Å². The van der Waals surface area contributed by atoms with Crippen molar-refractivity contribution in [2.24, 2.45) is 0 Å². The average Bonchev–Trinajstić information content (AvgIpc) is 2.85. The third kappa shape index (κ3) is 7.99. The van der Waals surface area contributed by atoms with Crippen LogP contribution in [0.3, 0.4) is 0 Å². The van der Waals surface area contributed by atoms with E-state index >= 15 is 0 Å². The van der Waals surface area contributed by atoms with Gasteiger partial charge < -0.3 is 25.5 Å². The van der Waals surface area contributed by atoms with Crippen LogP contribution in [0.15, 0.2) is 42.5 Å². The molecular formula is C30H42F2N4O3. The minimum Gasteiger partial charge on any atom is -0.390 e. The lowest BCUT2D eigenvalue weighted by Crippen LogP contribution is -2.60. The van der Waals surface area contributed by atoms with Crippen LogP contribution < -0.4 is 10.6 Å². The largest absolute Gasteiger partial charge is 0.390 e. The molecule has 3 N–H and O–H groups in total. The van der Waals surface area contributed by atoms with Gasteiger partial charge in [0.15, 0.2) is 0 Å². The Bertz CT molecular complexity index is 1150. The molecule has 0 saturated carbocycles. The van der Waals surface area contributed by atoms with E-state index < -0.39 is 29.3 Å². The van der Waals surface area contributed by atoms with Crippen LogP contribution >= 0.6 is 0 Å². The maximum atomic E-state index is 13.8. The van der Waals surface area contributed by atoms with Gasteiger partial charge in [-0.05, 0) is 53.5 Å². The Balaban J connectivity index is 1.91. The molecule has 2 aromatic carbocycles. The van der Waals surface area contributed by atoms with Crippen molar-refractivity contribution in [2.45, 2.75) is 70.1 Å². The Morgan fingerprint density at radius 2 is 1.79 bits per heavy atom. The van der Waals surface area contributed by atoms with E-state index in [0.29, 0.717) is 18.7 Å². The number of halogens is 2. The number of carbonyl (C=O) groups excluding carboxylic acids is 2. The number of hydrogen-bond acceptors (Lipinski definition) is 4. The highest BCUT2D eigenvalue weighted by Crippen LogP contribution is 2.35. The summed E-state index contributed by atoms with van der Waals surface area (Å²) in [5, 5.41) is 17.5. The van der Waals surface area contributed by atoms with Crippen molar-refractivity contribution in [3.63, 3.8) is 0 Å². The molecule has 3 rings (SSSR count). The lowest BCUT2D eigenvalue weighted by Gasteiger charge is -2.45. The zero-order chi connectivity index (χ0) is 29.0. The number of carbonyl (C=O) groups is 2.